The lowest BCUT2D eigenvalue weighted by Crippen LogP contribution is -2.09. The van der Waals surface area contributed by atoms with Gasteiger partial charge in [0, 0.05) is 11.1 Å². The standard InChI is InChI=1S/C16H13FN2O3S/c1-10-14(16(20)22-2)13-8-11(17)9-18-15(13)19(10)23(21)12-6-4-3-5-7-12/h3-9H,1-2H3. The van der Waals surface area contributed by atoms with Crippen molar-refractivity contribution < 1.29 is 18.1 Å². The van der Waals surface area contributed by atoms with Gasteiger partial charge < -0.3 is 4.74 Å². The molecule has 1 unspecified atom stereocenters. The first-order valence-corrected chi connectivity index (χ1v) is 7.87. The van der Waals surface area contributed by atoms with Gasteiger partial charge in [-0.1, -0.05) is 18.2 Å². The quantitative estimate of drug-likeness (QED) is 0.692. The Morgan fingerprint density at radius 2 is 2.00 bits per heavy atom. The number of pyridine rings is 1. The van der Waals surface area contributed by atoms with Crippen molar-refractivity contribution in [2.75, 3.05) is 7.11 Å². The van der Waals surface area contributed by atoms with Gasteiger partial charge in [-0.2, -0.15) is 0 Å². The third-order valence-corrected chi connectivity index (χ3v) is 4.92. The minimum atomic E-state index is -1.61. The van der Waals surface area contributed by atoms with Crippen molar-refractivity contribution in [1.29, 1.82) is 0 Å². The van der Waals surface area contributed by atoms with Gasteiger partial charge in [0.25, 0.3) is 0 Å². The molecule has 0 bridgehead atoms. The lowest BCUT2D eigenvalue weighted by molar-refractivity contribution is 0.0602. The molecule has 0 fully saturated rings. The number of ether oxygens (including phenoxy) is 1. The van der Waals surface area contributed by atoms with Gasteiger partial charge in [0.05, 0.1) is 23.8 Å². The molecule has 0 aliphatic heterocycles. The molecule has 2 heterocycles. The highest BCUT2D eigenvalue weighted by atomic mass is 32.2. The molecule has 0 spiro atoms. The van der Waals surface area contributed by atoms with Crippen LogP contribution in [-0.2, 0) is 15.7 Å². The topological polar surface area (TPSA) is 61.2 Å². The minimum absolute atomic E-state index is 0.166. The van der Waals surface area contributed by atoms with Crippen molar-refractivity contribution >= 4 is 28.0 Å². The van der Waals surface area contributed by atoms with Gasteiger partial charge in [0.15, 0.2) is 16.6 Å². The molecule has 7 heteroatoms. The number of aromatic nitrogens is 2. The predicted octanol–water partition coefficient (Wildman–Crippen LogP) is 2.84. The first kappa shape index (κ1) is 15.4. The van der Waals surface area contributed by atoms with Crippen LogP contribution in [0, 0.1) is 12.7 Å². The molecule has 0 saturated heterocycles. The van der Waals surface area contributed by atoms with Crippen LogP contribution >= 0.6 is 0 Å². The summed E-state index contributed by atoms with van der Waals surface area (Å²) in [7, 11) is -0.371. The van der Waals surface area contributed by atoms with Crippen molar-refractivity contribution in [1.82, 2.24) is 8.96 Å². The molecule has 0 N–H and O–H groups in total. The Kier molecular flexibility index (Phi) is 3.96. The third-order valence-electron chi connectivity index (χ3n) is 3.46. The molecule has 3 aromatic rings. The molecule has 3 rings (SSSR count). The molecule has 0 saturated carbocycles. The van der Waals surface area contributed by atoms with Gasteiger partial charge in [0.1, 0.15) is 5.82 Å². The minimum Gasteiger partial charge on any atom is -0.465 e. The fourth-order valence-electron chi connectivity index (χ4n) is 2.44. The zero-order valence-electron chi connectivity index (χ0n) is 12.4. The fraction of sp³-hybridized carbons (Fsp3) is 0.125. The second kappa shape index (κ2) is 5.92. The van der Waals surface area contributed by atoms with E-state index in [1.54, 1.807) is 31.2 Å². The Labute approximate surface area is 134 Å². The highest BCUT2D eigenvalue weighted by Gasteiger charge is 2.25. The van der Waals surface area contributed by atoms with Gasteiger partial charge in [-0.25, -0.2) is 22.4 Å². The average molecular weight is 332 g/mol. The van der Waals surface area contributed by atoms with Crippen molar-refractivity contribution in [3.63, 3.8) is 0 Å². The Balaban J connectivity index is 2.31. The molecule has 0 aliphatic rings. The summed E-state index contributed by atoms with van der Waals surface area (Å²) in [6.07, 6.45) is 1.03. The SMILES string of the molecule is COC(=O)c1c(C)n(S(=O)c2ccccc2)c2ncc(F)cc12. The molecule has 0 radical (unpaired) electrons. The molecular weight excluding hydrogens is 319 g/mol. The first-order valence-electron chi connectivity index (χ1n) is 6.76. The largest absolute Gasteiger partial charge is 0.465 e. The Morgan fingerprint density at radius 1 is 1.30 bits per heavy atom. The lowest BCUT2D eigenvalue weighted by Gasteiger charge is -2.07. The van der Waals surface area contributed by atoms with E-state index in [0.29, 0.717) is 10.6 Å². The predicted molar refractivity (Wildman–Crippen MR) is 84.0 cm³/mol. The van der Waals surface area contributed by atoms with E-state index in [-0.39, 0.29) is 16.6 Å². The zero-order valence-corrected chi connectivity index (χ0v) is 13.3. The maximum Gasteiger partial charge on any atom is 0.340 e. The fourth-order valence-corrected chi connectivity index (χ4v) is 3.68. The van der Waals surface area contributed by atoms with Gasteiger partial charge in [-0.05, 0) is 25.1 Å². The van der Waals surface area contributed by atoms with E-state index >= 15 is 0 Å². The Bertz CT molecular complexity index is 922. The summed E-state index contributed by atoms with van der Waals surface area (Å²) in [6, 6.07) is 9.96. The van der Waals surface area contributed by atoms with E-state index in [1.165, 1.54) is 17.1 Å². The second-order valence-electron chi connectivity index (χ2n) is 4.83. The number of nitrogens with zero attached hydrogens (tertiary/aromatic N) is 2. The number of carbonyl (C=O) groups is 1. The highest BCUT2D eigenvalue weighted by Crippen LogP contribution is 2.28. The molecule has 118 valence electrons. The maximum absolute atomic E-state index is 13.5. The molecule has 23 heavy (non-hydrogen) atoms. The zero-order chi connectivity index (χ0) is 16.6. The summed E-state index contributed by atoms with van der Waals surface area (Å²) >= 11 is 0. The molecule has 2 aromatic heterocycles. The van der Waals surface area contributed by atoms with Crippen LogP contribution in [0.5, 0.6) is 0 Å². The monoisotopic (exact) mass is 332 g/mol. The molecule has 5 nitrogen and oxygen atoms in total. The van der Waals surface area contributed by atoms with Crippen molar-refractivity contribution in [2.24, 2.45) is 0 Å². The summed E-state index contributed by atoms with van der Waals surface area (Å²) in [5, 5.41) is 0.277. The van der Waals surface area contributed by atoms with Gasteiger partial charge in [0.2, 0.25) is 0 Å². The number of methoxy groups -OCH3 is 1. The van der Waals surface area contributed by atoms with Crippen LogP contribution in [0.4, 0.5) is 4.39 Å². The van der Waals surface area contributed by atoms with Crippen molar-refractivity contribution in [3.05, 3.63) is 59.7 Å². The number of fused-ring (bicyclic) bond motifs is 1. The Hall–Kier alpha value is -2.54. The number of halogens is 1. The van der Waals surface area contributed by atoms with E-state index in [9.17, 15) is 13.4 Å². The van der Waals surface area contributed by atoms with Gasteiger partial charge in [-0.15, -0.1) is 0 Å². The van der Waals surface area contributed by atoms with Crippen LogP contribution in [0.1, 0.15) is 16.1 Å². The Morgan fingerprint density at radius 3 is 2.65 bits per heavy atom. The summed E-state index contributed by atoms with van der Waals surface area (Å²) < 4.78 is 32.6. The van der Waals surface area contributed by atoms with Crippen LogP contribution in [0.15, 0.2) is 47.5 Å². The highest BCUT2D eigenvalue weighted by molar-refractivity contribution is 7.83. The number of hydrogen-bond donors (Lipinski definition) is 0. The number of carbonyl (C=O) groups excluding carboxylic acids is 1. The van der Waals surface area contributed by atoms with E-state index in [1.807, 2.05) is 6.07 Å². The summed E-state index contributed by atoms with van der Waals surface area (Å²) in [5.74, 6) is -1.20. The van der Waals surface area contributed by atoms with E-state index in [2.05, 4.69) is 4.98 Å². The normalized spacial score (nSPS) is 12.3. The maximum atomic E-state index is 13.5. The molecule has 1 aromatic carbocycles. The van der Waals surface area contributed by atoms with Crippen LogP contribution < -0.4 is 0 Å². The second-order valence-corrected chi connectivity index (χ2v) is 6.17. The number of hydrogen-bond acceptors (Lipinski definition) is 4. The van der Waals surface area contributed by atoms with E-state index in [0.717, 1.165) is 6.20 Å². The molecular formula is C16H13FN2O3S. The van der Waals surface area contributed by atoms with Crippen molar-refractivity contribution in [3.8, 4) is 0 Å². The molecule has 1 atom stereocenters. The summed E-state index contributed by atoms with van der Waals surface area (Å²) in [5.41, 5.74) is 0.845. The lowest BCUT2D eigenvalue weighted by atomic mass is 10.2. The summed E-state index contributed by atoms with van der Waals surface area (Å²) in [6.45, 7) is 1.63. The summed E-state index contributed by atoms with van der Waals surface area (Å²) in [4.78, 5) is 16.6. The first-order chi connectivity index (χ1) is 11.0. The van der Waals surface area contributed by atoms with Crippen LogP contribution in [0.2, 0.25) is 0 Å². The van der Waals surface area contributed by atoms with E-state index < -0.39 is 22.8 Å². The molecule has 0 aliphatic carbocycles. The smallest absolute Gasteiger partial charge is 0.340 e. The van der Waals surface area contributed by atoms with Crippen LogP contribution in [-0.4, -0.2) is 26.2 Å². The third kappa shape index (κ3) is 2.53. The number of rotatable bonds is 3. The average Bonchev–Trinajstić information content (AvgIpc) is 2.85. The van der Waals surface area contributed by atoms with Crippen molar-refractivity contribution in [2.45, 2.75) is 11.8 Å². The van der Waals surface area contributed by atoms with Crippen LogP contribution in [0.3, 0.4) is 0 Å². The number of esters is 1. The molecule has 0 amide bonds. The van der Waals surface area contributed by atoms with Gasteiger partial charge in [-0.3, -0.25) is 0 Å². The van der Waals surface area contributed by atoms with E-state index in [4.69, 9.17) is 4.74 Å². The van der Waals surface area contributed by atoms with Gasteiger partial charge >= 0.3 is 5.97 Å². The van der Waals surface area contributed by atoms with Crippen LogP contribution in [0.25, 0.3) is 11.0 Å². The number of benzene rings is 1.